The summed E-state index contributed by atoms with van der Waals surface area (Å²) in [5, 5.41) is 2.90. The van der Waals surface area contributed by atoms with Gasteiger partial charge in [0.15, 0.2) is 5.96 Å². The minimum atomic E-state index is -4.37. The van der Waals surface area contributed by atoms with Crippen LogP contribution in [0.25, 0.3) is 0 Å². The highest BCUT2D eigenvalue weighted by molar-refractivity contribution is 14.0. The number of anilines is 1. The molecule has 2 rings (SSSR count). The molecule has 0 saturated heterocycles. The van der Waals surface area contributed by atoms with Crippen molar-refractivity contribution in [3.63, 3.8) is 0 Å². The Morgan fingerprint density at radius 2 is 1.68 bits per heavy atom. The number of alkyl halides is 3. The van der Waals surface area contributed by atoms with E-state index in [0.717, 1.165) is 12.1 Å². The maximum atomic E-state index is 12.5. The molecule has 0 amide bonds. The third-order valence-electron chi connectivity index (χ3n) is 3.49. The molecular formula is C18H21F3IN3O3. The van der Waals surface area contributed by atoms with Gasteiger partial charge in [-0.25, -0.2) is 4.99 Å². The SMILES string of the molecule is COc1ccc(OC)c(NC(N)=NCCOc2ccc(C(F)(F)F)cc2)c1.I. The van der Waals surface area contributed by atoms with Gasteiger partial charge in [-0.1, -0.05) is 0 Å². The van der Waals surface area contributed by atoms with Gasteiger partial charge in [-0.3, -0.25) is 0 Å². The quantitative estimate of drug-likeness (QED) is 0.253. The molecule has 0 aliphatic heterocycles. The molecular weight excluding hydrogens is 490 g/mol. The van der Waals surface area contributed by atoms with Gasteiger partial charge in [-0.05, 0) is 36.4 Å². The molecule has 6 nitrogen and oxygen atoms in total. The molecule has 154 valence electrons. The molecule has 3 N–H and O–H groups in total. The van der Waals surface area contributed by atoms with Crippen LogP contribution in [0.4, 0.5) is 18.9 Å². The Labute approximate surface area is 177 Å². The fraction of sp³-hybridized carbons (Fsp3) is 0.278. The van der Waals surface area contributed by atoms with E-state index in [4.69, 9.17) is 19.9 Å². The molecule has 28 heavy (non-hydrogen) atoms. The molecule has 0 bridgehead atoms. The van der Waals surface area contributed by atoms with E-state index in [1.54, 1.807) is 25.3 Å². The second-order valence-corrected chi connectivity index (χ2v) is 5.33. The summed E-state index contributed by atoms with van der Waals surface area (Å²) < 4.78 is 53.2. The van der Waals surface area contributed by atoms with Crippen molar-refractivity contribution in [1.82, 2.24) is 0 Å². The van der Waals surface area contributed by atoms with Gasteiger partial charge < -0.3 is 25.3 Å². The molecule has 0 unspecified atom stereocenters. The van der Waals surface area contributed by atoms with Crippen molar-refractivity contribution in [2.45, 2.75) is 6.18 Å². The van der Waals surface area contributed by atoms with Gasteiger partial charge in [0.25, 0.3) is 0 Å². The maximum absolute atomic E-state index is 12.5. The average Bonchev–Trinajstić information content (AvgIpc) is 2.65. The van der Waals surface area contributed by atoms with E-state index in [0.29, 0.717) is 22.9 Å². The number of hydrogen-bond donors (Lipinski definition) is 2. The van der Waals surface area contributed by atoms with E-state index < -0.39 is 11.7 Å². The van der Waals surface area contributed by atoms with Crippen molar-refractivity contribution in [3.8, 4) is 17.2 Å². The summed E-state index contributed by atoms with van der Waals surface area (Å²) in [6.45, 7) is 0.370. The summed E-state index contributed by atoms with van der Waals surface area (Å²) in [4.78, 5) is 4.10. The lowest BCUT2D eigenvalue weighted by Gasteiger charge is -2.12. The largest absolute Gasteiger partial charge is 0.497 e. The van der Waals surface area contributed by atoms with Gasteiger partial charge >= 0.3 is 6.18 Å². The molecule has 0 fully saturated rings. The minimum Gasteiger partial charge on any atom is -0.497 e. The Hall–Kier alpha value is -2.37. The first-order valence-electron chi connectivity index (χ1n) is 7.92. The van der Waals surface area contributed by atoms with E-state index >= 15 is 0 Å². The Morgan fingerprint density at radius 3 is 2.25 bits per heavy atom. The maximum Gasteiger partial charge on any atom is 0.416 e. The van der Waals surface area contributed by atoms with Crippen molar-refractivity contribution in [3.05, 3.63) is 48.0 Å². The standard InChI is InChI=1S/C18H20F3N3O3.HI/c1-25-14-7-8-16(26-2)15(11-14)24-17(22)23-9-10-27-13-5-3-12(4-6-13)18(19,20)21;/h3-8,11H,9-10H2,1-2H3,(H3,22,23,24);1H. The van der Waals surface area contributed by atoms with Crippen molar-refractivity contribution < 1.29 is 27.4 Å². The van der Waals surface area contributed by atoms with Crippen LogP contribution in [0, 0.1) is 0 Å². The lowest BCUT2D eigenvalue weighted by molar-refractivity contribution is -0.137. The molecule has 0 radical (unpaired) electrons. The van der Waals surface area contributed by atoms with Crippen LogP contribution < -0.4 is 25.3 Å². The van der Waals surface area contributed by atoms with Crippen molar-refractivity contribution >= 4 is 35.6 Å². The van der Waals surface area contributed by atoms with Gasteiger partial charge in [0.2, 0.25) is 0 Å². The Kier molecular flexibility index (Phi) is 9.16. The molecule has 2 aromatic rings. The molecule has 0 aliphatic carbocycles. The predicted octanol–water partition coefficient (Wildman–Crippen LogP) is 4.15. The Bertz CT molecular complexity index is 784. The van der Waals surface area contributed by atoms with Crippen LogP contribution in [0.5, 0.6) is 17.2 Å². The number of guanidine groups is 1. The van der Waals surface area contributed by atoms with E-state index in [2.05, 4.69) is 10.3 Å². The predicted molar refractivity (Wildman–Crippen MR) is 112 cm³/mol. The first-order valence-corrected chi connectivity index (χ1v) is 7.92. The molecule has 0 atom stereocenters. The number of nitrogens with one attached hydrogen (secondary N) is 1. The fourth-order valence-electron chi connectivity index (χ4n) is 2.16. The number of ether oxygens (including phenoxy) is 3. The number of rotatable bonds is 7. The molecule has 0 spiro atoms. The molecule has 10 heteroatoms. The molecule has 2 aromatic carbocycles. The number of nitrogens with zero attached hydrogens (tertiary/aromatic N) is 1. The van der Waals surface area contributed by atoms with Gasteiger partial charge in [0.1, 0.15) is 23.9 Å². The van der Waals surface area contributed by atoms with Crippen molar-refractivity contribution in [1.29, 1.82) is 0 Å². The second-order valence-electron chi connectivity index (χ2n) is 5.33. The first-order chi connectivity index (χ1) is 12.8. The van der Waals surface area contributed by atoms with Crippen LogP contribution in [0.3, 0.4) is 0 Å². The van der Waals surface area contributed by atoms with Gasteiger partial charge in [-0.2, -0.15) is 13.2 Å². The number of benzene rings is 2. The second kappa shape index (κ2) is 10.8. The molecule has 0 aliphatic rings. The average molecular weight is 511 g/mol. The zero-order chi connectivity index (χ0) is 19.9. The summed E-state index contributed by atoms with van der Waals surface area (Å²) in [7, 11) is 3.07. The van der Waals surface area contributed by atoms with Gasteiger partial charge in [0, 0.05) is 6.07 Å². The zero-order valence-corrected chi connectivity index (χ0v) is 17.6. The van der Waals surface area contributed by atoms with Crippen LogP contribution in [0.15, 0.2) is 47.5 Å². The van der Waals surface area contributed by atoms with Crippen LogP contribution in [-0.2, 0) is 6.18 Å². The normalized spacial score (nSPS) is 11.4. The number of nitrogens with two attached hydrogens (primary N) is 1. The number of methoxy groups -OCH3 is 2. The fourth-order valence-corrected chi connectivity index (χ4v) is 2.16. The van der Waals surface area contributed by atoms with Crippen molar-refractivity contribution in [2.24, 2.45) is 10.7 Å². The van der Waals surface area contributed by atoms with E-state index in [9.17, 15) is 13.2 Å². The Balaban J connectivity index is 0.00000392. The third-order valence-corrected chi connectivity index (χ3v) is 3.49. The molecule has 0 aromatic heterocycles. The Morgan fingerprint density at radius 1 is 1.04 bits per heavy atom. The third kappa shape index (κ3) is 6.98. The highest BCUT2D eigenvalue weighted by atomic mass is 127. The first kappa shape index (κ1) is 23.7. The monoisotopic (exact) mass is 511 g/mol. The topological polar surface area (TPSA) is 78.1 Å². The summed E-state index contributed by atoms with van der Waals surface area (Å²) in [5.41, 5.74) is 5.69. The van der Waals surface area contributed by atoms with Crippen molar-refractivity contribution in [2.75, 3.05) is 32.7 Å². The zero-order valence-electron chi connectivity index (χ0n) is 15.2. The number of hydrogen-bond acceptors (Lipinski definition) is 4. The summed E-state index contributed by atoms with van der Waals surface area (Å²) in [5.74, 6) is 1.64. The minimum absolute atomic E-state index is 0. The molecule has 0 heterocycles. The smallest absolute Gasteiger partial charge is 0.416 e. The lowest BCUT2D eigenvalue weighted by atomic mass is 10.2. The summed E-state index contributed by atoms with van der Waals surface area (Å²) >= 11 is 0. The van der Waals surface area contributed by atoms with Gasteiger partial charge in [-0.15, -0.1) is 24.0 Å². The highest BCUT2D eigenvalue weighted by Crippen LogP contribution is 2.30. The molecule has 0 saturated carbocycles. The van der Waals surface area contributed by atoms with Crippen LogP contribution in [-0.4, -0.2) is 33.3 Å². The van der Waals surface area contributed by atoms with E-state index in [-0.39, 0.29) is 43.1 Å². The number of aliphatic imine (C=N–C) groups is 1. The number of halogens is 4. The van der Waals surface area contributed by atoms with Gasteiger partial charge in [0.05, 0.1) is 32.0 Å². The lowest BCUT2D eigenvalue weighted by Crippen LogP contribution is -2.24. The van der Waals surface area contributed by atoms with Crippen LogP contribution in [0.2, 0.25) is 0 Å². The van der Waals surface area contributed by atoms with Crippen LogP contribution >= 0.6 is 24.0 Å². The highest BCUT2D eigenvalue weighted by Gasteiger charge is 2.29. The van der Waals surface area contributed by atoms with E-state index in [1.807, 2.05) is 0 Å². The summed E-state index contributed by atoms with van der Waals surface area (Å²) in [6, 6.07) is 9.62. The van der Waals surface area contributed by atoms with Crippen LogP contribution in [0.1, 0.15) is 5.56 Å². The van der Waals surface area contributed by atoms with E-state index in [1.165, 1.54) is 19.2 Å². The summed E-state index contributed by atoms with van der Waals surface area (Å²) in [6.07, 6.45) is -4.37.